The zero-order chi connectivity index (χ0) is 20.8. The molecule has 1 N–H and O–H groups in total. The molecule has 0 amide bonds. The van der Waals surface area contributed by atoms with E-state index in [1.165, 1.54) is 13.2 Å². The third-order valence-corrected chi connectivity index (χ3v) is 4.71. The molecular formula is C19H24F2N2O4S. The van der Waals surface area contributed by atoms with E-state index in [4.69, 9.17) is 26.4 Å². The van der Waals surface area contributed by atoms with Crippen LogP contribution >= 0.6 is 12.2 Å². The Balaban J connectivity index is 2.48. The summed E-state index contributed by atoms with van der Waals surface area (Å²) in [5.41, 5.74) is 1.18. The van der Waals surface area contributed by atoms with Crippen molar-refractivity contribution in [2.45, 2.75) is 25.9 Å². The molecule has 0 unspecified atom stereocenters. The largest absolute Gasteiger partial charge is 0.460 e. The first-order valence-corrected chi connectivity index (χ1v) is 9.13. The summed E-state index contributed by atoms with van der Waals surface area (Å²) in [6.45, 7) is 4.31. The topological polar surface area (TPSA) is 60.0 Å². The molecule has 1 aromatic carbocycles. The van der Waals surface area contributed by atoms with Crippen molar-refractivity contribution in [2.75, 3.05) is 34.0 Å². The molecule has 28 heavy (non-hydrogen) atoms. The van der Waals surface area contributed by atoms with E-state index in [0.717, 1.165) is 12.1 Å². The summed E-state index contributed by atoms with van der Waals surface area (Å²) < 4.78 is 42.6. The molecule has 6 nitrogen and oxygen atoms in total. The highest BCUT2D eigenvalue weighted by molar-refractivity contribution is 7.80. The highest BCUT2D eigenvalue weighted by Crippen LogP contribution is 2.33. The fraction of sp³-hybridized carbons (Fsp3) is 0.474. The number of ether oxygens (including phenoxy) is 3. The lowest BCUT2D eigenvalue weighted by molar-refractivity contribution is -0.140. The SMILES string of the molecule is COCCOC(=O)C1=C(C)N([C@H](C)COC)C(=S)N[C@H]1c1ccc(F)c(F)c1. The second-order valence-corrected chi connectivity index (χ2v) is 6.74. The molecule has 0 aromatic heterocycles. The quantitative estimate of drug-likeness (QED) is 0.399. The number of esters is 1. The number of hydrogen-bond donors (Lipinski definition) is 1. The zero-order valence-electron chi connectivity index (χ0n) is 16.3. The minimum Gasteiger partial charge on any atom is -0.460 e. The van der Waals surface area contributed by atoms with Gasteiger partial charge in [-0.25, -0.2) is 13.6 Å². The first-order valence-electron chi connectivity index (χ1n) is 8.72. The van der Waals surface area contributed by atoms with Gasteiger partial charge in [0.25, 0.3) is 0 Å². The van der Waals surface area contributed by atoms with E-state index in [1.54, 1.807) is 18.9 Å². The van der Waals surface area contributed by atoms with Gasteiger partial charge in [-0.2, -0.15) is 0 Å². The van der Waals surface area contributed by atoms with Crippen LogP contribution in [0, 0.1) is 11.6 Å². The lowest BCUT2D eigenvalue weighted by Crippen LogP contribution is -2.52. The Bertz CT molecular complexity index is 772. The van der Waals surface area contributed by atoms with Gasteiger partial charge in [-0.1, -0.05) is 6.07 Å². The molecular weight excluding hydrogens is 390 g/mol. The Morgan fingerprint density at radius 3 is 2.57 bits per heavy atom. The molecule has 0 fully saturated rings. The van der Waals surface area contributed by atoms with Gasteiger partial charge in [-0.15, -0.1) is 0 Å². The fourth-order valence-corrected chi connectivity index (χ4v) is 3.54. The van der Waals surface area contributed by atoms with Crippen LogP contribution in [0.5, 0.6) is 0 Å². The Hall–Kier alpha value is -2.10. The van der Waals surface area contributed by atoms with Gasteiger partial charge < -0.3 is 24.4 Å². The number of nitrogens with one attached hydrogen (secondary N) is 1. The average molecular weight is 414 g/mol. The van der Waals surface area contributed by atoms with Crippen LogP contribution in [-0.2, 0) is 19.0 Å². The second-order valence-electron chi connectivity index (χ2n) is 6.36. The van der Waals surface area contributed by atoms with Gasteiger partial charge in [-0.3, -0.25) is 0 Å². The van der Waals surface area contributed by atoms with Crippen LogP contribution in [0.25, 0.3) is 0 Å². The van der Waals surface area contributed by atoms with Gasteiger partial charge in [0.15, 0.2) is 16.7 Å². The van der Waals surface area contributed by atoms with E-state index in [9.17, 15) is 13.6 Å². The van der Waals surface area contributed by atoms with E-state index in [0.29, 0.717) is 23.0 Å². The summed E-state index contributed by atoms with van der Waals surface area (Å²) in [4.78, 5) is 14.6. The third kappa shape index (κ3) is 4.84. The van der Waals surface area contributed by atoms with Gasteiger partial charge >= 0.3 is 5.97 Å². The number of rotatable bonds is 8. The van der Waals surface area contributed by atoms with Gasteiger partial charge in [0.2, 0.25) is 0 Å². The summed E-state index contributed by atoms with van der Waals surface area (Å²) in [5, 5.41) is 3.40. The molecule has 0 saturated heterocycles. The van der Waals surface area contributed by atoms with E-state index in [2.05, 4.69) is 5.32 Å². The molecule has 0 aliphatic carbocycles. The normalized spacial score (nSPS) is 18.1. The molecule has 2 atom stereocenters. The number of hydrogen-bond acceptors (Lipinski definition) is 5. The van der Waals surface area contributed by atoms with Crippen LogP contribution in [0.3, 0.4) is 0 Å². The molecule has 0 radical (unpaired) electrons. The monoisotopic (exact) mass is 414 g/mol. The van der Waals surface area contributed by atoms with Crippen molar-refractivity contribution in [1.82, 2.24) is 10.2 Å². The number of carbonyl (C=O) groups is 1. The van der Waals surface area contributed by atoms with Gasteiger partial charge in [-0.05, 0) is 43.8 Å². The highest BCUT2D eigenvalue weighted by atomic mass is 32.1. The Morgan fingerprint density at radius 1 is 1.25 bits per heavy atom. The minimum atomic E-state index is -1.01. The molecule has 154 valence electrons. The summed E-state index contributed by atoms with van der Waals surface area (Å²) in [6, 6.07) is 2.53. The van der Waals surface area contributed by atoms with Crippen molar-refractivity contribution in [2.24, 2.45) is 0 Å². The van der Waals surface area contributed by atoms with Crippen molar-refractivity contribution in [3.63, 3.8) is 0 Å². The maximum atomic E-state index is 13.8. The second kappa shape index (κ2) is 9.90. The lowest BCUT2D eigenvalue weighted by Gasteiger charge is -2.40. The zero-order valence-corrected chi connectivity index (χ0v) is 17.1. The maximum Gasteiger partial charge on any atom is 0.338 e. The molecule has 0 bridgehead atoms. The van der Waals surface area contributed by atoms with Crippen LogP contribution in [0.1, 0.15) is 25.5 Å². The molecule has 1 aliphatic heterocycles. The molecule has 1 heterocycles. The molecule has 0 saturated carbocycles. The van der Waals surface area contributed by atoms with Crippen molar-refractivity contribution >= 4 is 23.3 Å². The minimum absolute atomic E-state index is 0.0642. The van der Waals surface area contributed by atoms with Crippen LogP contribution in [0.15, 0.2) is 29.5 Å². The van der Waals surface area contributed by atoms with E-state index in [1.807, 2.05) is 6.92 Å². The van der Waals surface area contributed by atoms with Gasteiger partial charge in [0.05, 0.1) is 30.9 Å². The Morgan fingerprint density at radius 2 is 1.96 bits per heavy atom. The van der Waals surface area contributed by atoms with Crippen LogP contribution < -0.4 is 5.32 Å². The number of methoxy groups -OCH3 is 2. The molecule has 1 aromatic rings. The van der Waals surface area contributed by atoms with E-state index >= 15 is 0 Å². The average Bonchev–Trinajstić information content (AvgIpc) is 2.63. The third-order valence-electron chi connectivity index (χ3n) is 4.39. The highest BCUT2D eigenvalue weighted by Gasteiger charge is 2.36. The van der Waals surface area contributed by atoms with Crippen molar-refractivity contribution in [3.8, 4) is 0 Å². The fourth-order valence-electron chi connectivity index (χ4n) is 3.11. The molecule has 1 aliphatic rings. The van der Waals surface area contributed by atoms with Crippen molar-refractivity contribution in [3.05, 3.63) is 46.7 Å². The molecule has 2 rings (SSSR count). The summed E-state index contributed by atoms with van der Waals surface area (Å²) in [5.74, 6) is -2.57. The standard InChI is InChI=1S/C19H24F2N2O4S/c1-11(10-26-4)23-12(2)16(18(24)27-8-7-25-3)17(22-19(23)28)13-5-6-14(20)15(21)9-13/h5-6,9,11,17H,7-8,10H2,1-4H3,(H,22,28)/t11-,17+/m1/s1. The number of halogens is 2. The smallest absolute Gasteiger partial charge is 0.338 e. The van der Waals surface area contributed by atoms with E-state index < -0.39 is 23.6 Å². The van der Waals surface area contributed by atoms with Crippen LogP contribution in [0.2, 0.25) is 0 Å². The Labute approximate surface area is 168 Å². The summed E-state index contributed by atoms with van der Waals surface area (Å²) in [6.07, 6.45) is 0. The van der Waals surface area contributed by atoms with E-state index in [-0.39, 0.29) is 24.8 Å². The maximum absolute atomic E-state index is 13.8. The predicted octanol–water partition coefficient (Wildman–Crippen LogP) is 2.69. The predicted molar refractivity (Wildman–Crippen MR) is 104 cm³/mol. The van der Waals surface area contributed by atoms with Crippen molar-refractivity contribution < 1.29 is 27.8 Å². The molecule has 0 spiro atoms. The summed E-state index contributed by atoms with van der Waals surface area (Å²) in [7, 11) is 3.07. The number of nitrogens with zero attached hydrogens (tertiary/aromatic N) is 1. The van der Waals surface area contributed by atoms with Gasteiger partial charge in [0.1, 0.15) is 6.61 Å². The lowest BCUT2D eigenvalue weighted by atomic mass is 9.94. The first kappa shape index (κ1) is 22.2. The van der Waals surface area contributed by atoms with Crippen molar-refractivity contribution in [1.29, 1.82) is 0 Å². The number of carbonyl (C=O) groups excluding carboxylic acids is 1. The first-order chi connectivity index (χ1) is 13.3. The number of allylic oxidation sites excluding steroid dienone is 1. The Kier molecular flexibility index (Phi) is 7.85. The van der Waals surface area contributed by atoms with Crippen LogP contribution in [-0.4, -0.2) is 56.1 Å². The number of benzene rings is 1. The molecule has 9 heteroatoms. The summed E-state index contributed by atoms with van der Waals surface area (Å²) >= 11 is 5.46. The van der Waals surface area contributed by atoms with Gasteiger partial charge in [0, 0.05) is 19.9 Å². The number of thiocarbonyl (C=S) groups is 1. The van der Waals surface area contributed by atoms with Crippen LogP contribution in [0.4, 0.5) is 8.78 Å².